The molecule has 0 bridgehead atoms. The lowest BCUT2D eigenvalue weighted by Crippen LogP contribution is -2.45. The maximum absolute atomic E-state index is 12.4. The predicted molar refractivity (Wildman–Crippen MR) is 89.6 cm³/mol. The van der Waals surface area contributed by atoms with E-state index in [1.807, 2.05) is 19.9 Å². The Morgan fingerprint density at radius 1 is 1.39 bits per heavy atom. The fourth-order valence-electron chi connectivity index (χ4n) is 2.53. The van der Waals surface area contributed by atoms with Crippen LogP contribution < -0.4 is 10.9 Å². The number of aryl methyl sites for hydroxylation is 1. The molecular formula is C18H23NO4. The second kappa shape index (κ2) is 6.54. The lowest BCUT2D eigenvalue weighted by Gasteiger charge is -2.29. The lowest BCUT2D eigenvalue weighted by atomic mass is 9.88. The highest BCUT2D eigenvalue weighted by atomic mass is 16.4. The number of hydrogen-bond acceptors (Lipinski definition) is 4. The van der Waals surface area contributed by atoms with Crippen molar-refractivity contribution in [2.45, 2.75) is 39.7 Å². The number of nitrogens with one attached hydrogen (secondary N) is 1. The van der Waals surface area contributed by atoms with Crippen LogP contribution in [0.5, 0.6) is 0 Å². The van der Waals surface area contributed by atoms with Crippen LogP contribution in [0.2, 0.25) is 0 Å². The molecule has 0 fully saturated rings. The van der Waals surface area contributed by atoms with Gasteiger partial charge in [-0.25, -0.2) is 4.79 Å². The van der Waals surface area contributed by atoms with Crippen molar-refractivity contribution in [1.29, 1.82) is 0 Å². The highest BCUT2D eigenvalue weighted by Gasteiger charge is 2.28. The number of amides is 1. The predicted octanol–water partition coefficient (Wildman–Crippen LogP) is 2.63. The van der Waals surface area contributed by atoms with Gasteiger partial charge in [0, 0.05) is 11.9 Å². The highest BCUT2D eigenvalue weighted by molar-refractivity contribution is 5.99. The minimum atomic E-state index is -1.03. The monoisotopic (exact) mass is 317 g/mol. The number of carbonyl (C=O) groups is 1. The Morgan fingerprint density at radius 2 is 2.04 bits per heavy atom. The van der Waals surface area contributed by atoms with E-state index in [1.54, 1.807) is 32.0 Å². The number of carbonyl (C=O) groups excluding carboxylic acids is 1. The van der Waals surface area contributed by atoms with Crippen molar-refractivity contribution in [3.63, 3.8) is 0 Å². The summed E-state index contributed by atoms with van der Waals surface area (Å²) in [6.45, 7) is 7.37. The van der Waals surface area contributed by atoms with Gasteiger partial charge >= 0.3 is 5.63 Å². The van der Waals surface area contributed by atoms with Gasteiger partial charge in [-0.05, 0) is 31.4 Å². The molecule has 5 heteroatoms. The Hall–Kier alpha value is -2.14. The number of para-hydroxylation sites is 1. The second-order valence-electron chi connectivity index (χ2n) is 6.23. The molecule has 2 N–H and O–H groups in total. The lowest BCUT2D eigenvalue weighted by molar-refractivity contribution is 0.00588. The third-order valence-electron chi connectivity index (χ3n) is 4.58. The van der Waals surface area contributed by atoms with Gasteiger partial charge in [-0.15, -0.1) is 0 Å². The van der Waals surface area contributed by atoms with Crippen LogP contribution in [0.15, 0.2) is 33.5 Å². The molecule has 0 spiro atoms. The van der Waals surface area contributed by atoms with Crippen LogP contribution in [0.3, 0.4) is 0 Å². The molecule has 23 heavy (non-hydrogen) atoms. The van der Waals surface area contributed by atoms with Gasteiger partial charge in [0.2, 0.25) is 0 Å². The molecule has 0 saturated heterocycles. The average Bonchev–Trinajstić information content (AvgIpc) is 2.52. The highest BCUT2D eigenvalue weighted by Crippen LogP contribution is 2.20. The summed E-state index contributed by atoms with van der Waals surface area (Å²) < 4.78 is 5.22. The van der Waals surface area contributed by atoms with Crippen LogP contribution in [0.1, 0.15) is 43.1 Å². The normalized spacial score (nSPS) is 15.2. The molecule has 0 saturated carbocycles. The van der Waals surface area contributed by atoms with Crippen molar-refractivity contribution < 1.29 is 14.3 Å². The third kappa shape index (κ3) is 3.45. The molecule has 0 aliphatic carbocycles. The van der Waals surface area contributed by atoms with Crippen LogP contribution in [0.4, 0.5) is 0 Å². The zero-order valence-corrected chi connectivity index (χ0v) is 14.0. The standard InChI is InChI=1S/C18H23NO4/c1-5-11(2)18(4,22)10-19-16(20)15-12(3)13-8-6-7-9-14(13)23-17(15)21/h6-9,11,22H,5,10H2,1-4H3,(H,19,20). The summed E-state index contributed by atoms with van der Waals surface area (Å²) in [5, 5.41) is 13.8. The second-order valence-corrected chi connectivity index (χ2v) is 6.23. The third-order valence-corrected chi connectivity index (χ3v) is 4.58. The summed E-state index contributed by atoms with van der Waals surface area (Å²) in [5.74, 6) is -0.498. The quantitative estimate of drug-likeness (QED) is 0.831. The van der Waals surface area contributed by atoms with Crippen LogP contribution in [0.25, 0.3) is 11.0 Å². The number of aliphatic hydroxyl groups is 1. The van der Waals surface area contributed by atoms with Crippen molar-refractivity contribution in [2.75, 3.05) is 6.54 Å². The summed E-state index contributed by atoms with van der Waals surface area (Å²) in [6, 6.07) is 7.09. The molecule has 5 nitrogen and oxygen atoms in total. The summed E-state index contributed by atoms with van der Waals surface area (Å²) in [4.78, 5) is 24.5. The van der Waals surface area contributed by atoms with Gasteiger partial charge in [-0.2, -0.15) is 0 Å². The van der Waals surface area contributed by atoms with Crippen LogP contribution in [0, 0.1) is 12.8 Å². The molecule has 1 heterocycles. The molecule has 1 aromatic carbocycles. The molecule has 124 valence electrons. The van der Waals surface area contributed by atoms with E-state index in [4.69, 9.17) is 4.42 Å². The molecule has 2 unspecified atom stereocenters. The van der Waals surface area contributed by atoms with Crippen LogP contribution in [-0.4, -0.2) is 23.2 Å². The molecular weight excluding hydrogens is 294 g/mol. The van der Waals surface area contributed by atoms with Crippen molar-refractivity contribution in [2.24, 2.45) is 5.92 Å². The van der Waals surface area contributed by atoms with Crippen LogP contribution in [-0.2, 0) is 0 Å². The molecule has 0 aliphatic rings. The molecule has 0 aliphatic heterocycles. The molecule has 2 rings (SSSR count). The Bertz CT molecular complexity index is 776. The van der Waals surface area contributed by atoms with Gasteiger partial charge in [0.15, 0.2) is 0 Å². The van der Waals surface area contributed by atoms with Gasteiger partial charge < -0.3 is 14.8 Å². The van der Waals surface area contributed by atoms with E-state index in [9.17, 15) is 14.7 Å². The number of fused-ring (bicyclic) bond motifs is 1. The van der Waals surface area contributed by atoms with Gasteiger partial charge in [0.25, 0.3) is 5.91 Å². The van der Waals surface area contributed by atoms with Gasteiger partial charge in [-0.1, -0.05) is 38.5 Å². The zero-order chi connectivity index (χ0) is 17.2. The summed E-state index contributed by atoms with van der Waals surface area (Å²) in [7, 11) is 0. The summed E-state index contributed by atoms with van der Waals surface area (Å²) in [6.07, 6.45) is 0.792. The Labute approximate surface area is 135 Å². The molecule has 1 aromatic heterocycles. The number of rotatable bonds is 5. The fraction of sp³-hybridized carbons (Fsp3) is 0.444. The SMILES string of the molecule is CCC(C)C(C)(O)CNC(=O)c1c(C)c2ccccc2oc1=O. The first-order valence-corrected chi connectivity index (χ1v) is 7.81. The van der Waals surface area contributed by atoms with Gasteiger partial charge in [0.1, 0.15) is 11.1 Å². The minimum Gasteiger partial charge on any atom is -0.422 e. The van der Waals surface area contributed by atoms with Crippen molar-refractivity contribution in [3.05, 3.63) is 45.8 Å². The first-order valence-electron chi connectivity index (χ1n) is 7.81. The first-order chi connectivity index (χ1) is 10.8. The molecule has 0 radical (unpaired) electrons. The van der Waals surface area contributed by atoms with E-state index >= 15 is 0 Å². The van der Waals surface area contributed by atoms with E-state index in [0.717, 1.165) is 11.8 Å². The Morgan fingerprint density at radius 3 is 2.70 bits per heavy atom. The summed E-state index contributed by atoms with van der Waals surface area (Å²) >= 11 is 0. The molecule has 2 aromatic rings. The maximum atomic E-state index is 12.4. The van der Waals surface area contributed by atoms with E-state index in [1.165, 1.54) is 0 Å². The van der Waals surface area contributed by atoms with Gasteiger partial charge in [-0.3, -0.25) is 4.79 Å². The first kappa shape index (κ1) is 17.2. The largest absolute Gasteiger partial charge is 0.422 e. The van der Waals surface area contributed by atoms with Crippen molar-refractivity contribution in [3.8, 4) is 0 Å². The molecule has 1 amide bonds. The van der Waals surface area contributed by atoms with E-state index < -0.39 is 17.1 Å². The van der Waals surface area contributed by atoms with E-state index in [-0.39, 0.29) is 18.0 Å². The smallest absolute Gasteiger partial charge is 0.349 e. The number of benzene rings is 1. The Balaban J connectivity index is 2.30. The van der Waals surface area contributed by atoms with E-state index in [0.29, 0.717) is 11.1 Å². The Kier molecular flexibility index (Phi) is 4.90. The van der Waals surface area contributed by atoms with E-state index in [2.05, 4.69) is 5.32 Å². The molecule has 2 atom stereocenters. The zero-order valence-electron chi connectivity index (χ0n) is 14.0. The maximum Gasteiger partial charge on any atom is 0.349 e. The van der Waals surface area contributed by atoms with Crippen molar-refractivity contribution in [1.82, 2.24) is 5.32 Å². The summed E-state index contributed by atoms with van der Waals surface area (Å²) in [5.41, 5.74) is -0.670. The van der Waals surface area contributed by atoms with Crippen LogP contribution >= 0.6 is 0 Å². The topological polar surface area (TPSA) is 79.5 Å². The minimum absolute atomic E-state index is 0.0105. The number of hydrogen-bond donors (Lipinski definition) is 2. The fourth-order valence-corrected chi connectivity index (χ4v) is 2.53. The van der Waals surface area contributed by atoms with Gasteiger partial charge in [0.05, 0.1) is 5.60 Å². The van der Waals surface area contributed by atoms with Crippen molar-refractivity contribution >= 4 is 16.9 Å². The average molecular weight is 317 g/mol.